The highest BCUT2D eigenvalue weighted by atomic mass is 32.1. The van der Waals surface area contributed by atoms with Crippen molar-refractivity contribution < 1.29 is 0 Å². The average molecular weight is 385 g/mol. The Balaban J connectivity index is 1.46. The van der Waals surface area contributed by atoms with E-state index in [9.17, 15) is 0 Å². The molecular formula is C18H24N8S. The van der Waals surface area contributed by atoms with Crippen LogP contribution in [-0.2, 0) is 0 Å². The number of rotatable bonds is 5. The molecule has 0 bridgehead atoms. The van der Waals surface area contributed by atoms with Gasteiger partial charge in [0, 0.05) is 31.9 Å². The number of nitrogens with zero attached hydrogens (tertiary/aromatic N) is 5. The van der Waals surface area contributed by atoms with E-state index in [1.165, 1.54) is 25.7 Å². The zero-order valence-electron chi connectivity index (χ0n) is 15.2. The Morgan fingerprint density at radius 2 is 1.37 bits per heavy atom. The van der Waals surface area contributed by atoms with Crippen LogP contribution in [0.5, 0.6) is 0 Å². The molecule has 2 aromatic rings. The van der Waals surface area contributed by atoms with E-state index in [4.69, 9.17) is 17.2 Å². The van der Waals surface area contributed by atoms with Gasteiger partial charge in [-0.25, -0.2) is 0 Å². The molecule has 0 spiro atoms. The first-order chi connectivity index (χ1) is 13.3. The van der Waals surface area contributed by atoms with Gasteiger partial charge in [-0.1, -0.05) is 18.2 Å². The van der Waals surface area contributed by atoms with Crippen LogP contribution in [0.15, 0.2) is 30.3 Å². The highest BCUT2D eigenvalue weighted by Gasteiger charge is 2.21. The lowest BCUT2D eigenvalue weighted by molar-refractivity contribution is 0.834. The SMILES string of the molecule is S=C(NNc1nc(N2CCCC2)nc(N2CCCC2)n1)Nc1ccccc1. The number of nitrogens with one attached hydrogen (secondary N) is 3. The van der Waals surface area contributed by atoms with E-state index in [0.717, 1.165) is 43.8 Å². The van der Waals surface area contributed by atoms with Crippen LogP contribution in [0.1, 0.15) is 25.7 Å². The smallest absolute Gasteiger partial charge is 0.248 e. The minimum atomic E-state index is 0.451. The summed E-state index contributed by atoms with van der Waals surface area (Å²) in [6.07, 6.45) is 4.71. The van der Waals surface area contributed by atoms with Crippen molar-refractivity contribution in [2.75, 3.05) is 46.7 Å². The zero-order valence-corrected chi connectivity index (χ0v) is 16.0. The summed E-state index contributed by atoms with van der Waals surface area (Å²) < 4.78 is 0. The number of hydrogen-bond acceptors (Lipinski definition) is 7. The normalized spacial score (nSPS) is 16.4. The van der Waals surface area contributed by atoms with Gasteiger partial charge in [-0.15, -0.1) is 0 Å². The molecule has 3 N–H and O–H groups in total. The molecule has 0 saturated carbocycles. The maximum atomic E-state index is 5.34. The zero-order chi connectivity index (χ0) is 18.5. The quantitative estimate of drug-likeness (QED) is 0.532. The van der Waals surface area contributed by atoms with Crippen LogP contribution in [0.2, 0.25) is 0 Å². The molecule has 2 aliphatic rings. The number of hydrazine groups is 1. The van der Waals surface area contributed by atoms with E-state index in [1.54, 1.807) is 0 Å². The first-order valence-electron chi connectivity index (χ1n) is 9.42. The number of aromatic nitrogens is 3. The van der Waals surface area contributed by atoms with Crippen molar-refractivity contribution in [1.29, 1.82) is 0 Å². The third kappa shape index (κ3) is 4.54. The van der Waals surface area contributed by atoms with Crippen LogP contribution in [0.25, 0.3) is 0 Å². The molecule has 0 atom stereocenters. The lowest BCUT2D eigenvalue weighted by atomic mass is 10.3. The predicted octanol–water partition coefficient (Wildman–Crippen LogP) is 2.39. The van der Waals surface area contributed by atoms with E-state index in [1.807, 2.05) is 30.3 Å². The largest absolute Gasteiger partial charge is 0.341 e. The highest BCUT2D eigenvalue weighted by Crippen LogP contribution is 2.22. The summed E-state index contributed by atoms with van der Waals surface area (Å²) >= 11 is 5.34. The molecule has 3 heterocycles. The highest BCUT2D eigenvalue weighted by molar-refractivity contribution is 7.80. The Bertz CT molecular complexity index is 738. The van der Waals surface area contributed by atoms with Crippen molar-refractivity contribution in [3.63, 3.8) is 0 Å². The Hall–Kier alpha value is -2.68. The molecule has 27 heavy (non-hydrogen) atoms. The second-order valence-corrected chi connectivity index (χ2v) is 7.13. The molecule has 1 aromatic carbocycles. The number of thiocarbonyl (C=S) groups is 1. The lowest BCUT2D eigenvalue weighted by Gasteiger charge is -2.21. The summed E-state index contributed by atoms with van der Waals surface area (Å²) in [6.45, 7) is 3.96. The van der Waals surface area contributed by atoms with Crippen LogP contribution in [0, 0.1) is 0 Å². The van der Waals surface area contributed by atoms with E-state index in [-0.39, 0.29) is 0 Å². The Kier molecular flexibility index (Phi) is 5.47. The van der Waals surface area contributed by atoms with Gasteiger partial charge in [0.15, 0.2) is 5.11 Å². The van der Waals surface area contributed by atoms with Gasteiger partial charge in [-0.3, -0.25) is 10.9 Å². The molecule has 8 nitrogen and oxygen atoms in total. The van der Waals surface area contributed by atoms with Gasteiger partial charge in [0.25, 0.3) is 0 Å². The number of para-hydroxylation sites is 1. The van der Waals surface area contributed by atoms with Crippen molar-refractivity contribution in [3.8, 4) is 0 Å². The van der Waals surface area contributed by atoms with Crippen molar-refractivity contribution in [2.24, 2.45) is 0 Å². The monoisotopic (exact) mass is 384 g/mol. The number of hydrogen-bond donors (Lipinski definition) is 3. The van der Waals surface area contributed by atoms with E-state index in [0.29, 0.717) is 11.1 Å². The molecule has 2 saturated heterocycles. The lowest BCUT2D eigenvalue weighted by Crippen LogP contribution is -2.35. The van der Waals surface area contributed by atoms with Crippen molar-refractivity contribution in [3.05, 3.63) is 30.3 Å². The molecule has 4 rings (SSSR count). The molecule has 0 aliphatic carbocycles. The third-order valence-corrected chi connectivity index (χ3v) is 4.91. The first kappa shape index (κ1) is 17.7. The van der Waals surface area contributed by atoms with Gasteiger partial charge in [0.1, 0.15) is 0 Å². The van der Waals surface area contributed by atoms with Gasteiger partial charge in [0.05, 0.1) is 0 Å². The van der Waals surface area contributed by atoms with Gasteiger partial charge in [-0.05, 0) is 50.0 Å². The Morgan fingerprint density at radius 3 is 1.93 bits per heavy atom. The van der Waals surface area contributed by atoms with Gasteiger partial charge in [-0.2, -0.15) is 15.0 Å². The topological polar surface area (TPSA) is 81.2 Å². The van der Waals surface area contributed by atoms with Crippen LogP contribution >= 0.6 is 12.2 Å². The first-order valence-corrected chi connectivity index (χ1v) is 9.83. The fourth-order valence-electron chi connectivity index (χ4n) is 3.32. The Morgan fingerprint density at radius 1 is 0.815 bits per heavy atom. The number of anilines is 4. The van der Waals surface area contributed by atoms with Crippen LogP contribution in [-0.4, -0.2) is 46.2 Å². The molecular weight excluding hydrogens is 360 g/mol. The minimum Gasteiger partial charge on any atom is -0.341 e. The maximum absolute atomic E-state index is 5.34. The minimum absolute atomic E-state index is 0.451. The fourth-order valence-corrected chi connectivity index (χ4v) is 3.49. The molecule has 9 heteroatoms. The maximum Gasteiger partial charge on any atom is 0.248 e. The second kappa shape index (κ2) is 8.34. The molecule has 0 radical (unpaired) electrons. The van der Waals surface area contributed by atoms with E-state index < -0.39 is 0 Å². The molecule has 0 amide bonds. The summed E-state index contributed by atoms with van der Waals surface area (Å²) in [5, 5.41) is 3.57. The summed E-state index contributed by atoms with van der Waals surface area (Å²) in [4.78, 5) is 18.3. The van der Waals surface area contributed by atoms with Crippen LogP contribution in [0.3, 0.4) is 0 Å². The summed E-state index contributed by atoms with van der Waals surface area (Å²) in [5.41, 5.74) is 6.91. The number of benzene rings is 1. The summed E-state index contributed by atoms with van der Waals surface area (Å²) in [5.74, 6) is 1.94. The predicted molar refractivity (Wildman–Crippen MR) is 112 cm³/mol. The molecule has 2 fully saturated rings. The third-order valence-electron chi connectivity index (χ3n) is 4.71. The standard InChI is InChI=1S/C18H24N8S/c27-18(19-14-8-2-1-3-9-14)24-23-15-20-16(25-10-4-5-11-25)22-17(21-15)26-12-6-7-13-26/h1-3,8-9H,4-7,10-13H2,(H2,19,24,27)(H,20,21,22,23). The molecule has 0 unspecified atom stereocenters. The van der Waals surface area contributed by atoms with Gasteiger partial charge >= 0.3 is 0 Å². The van der Waals surface area contributed by atoms with Crippen molar-refractivity contribution >= 4 is 40.9 Å². The second-order valence-electron chi connectivity index (χ2n) is 6.72. The molecule has 2 aliphatic heterocycles. The Labute approximate surface area is 164 Å². The van der Waals surface area contributed by atoms with E-state index >= 15 is 0 Å². The van der Waals surface area contributed by atoms with Crippen LogP contribution < -0.4 is 26.0 Å². The molecule has 142 valence electrons. The summed E-state index contributed by atoms with van der Waals surface area (Å²) in [6, 6.07) is 9.77. The van der Waals surface area contributed by atoms with Crippen LogP contribution in [0.4, 0.5) is 23.5 Å². The fraction of sp³-hybridized carbons (Fsp3) is 0.444. The average Bonchev–Trinajstić information content (AvgIpc) is 3.41. The molecule has 1 aromatic heterocycles. The van der Waals surface area contributed by atoms with E-state index in [2.05, 4.69) is 35.9 Å². The van der Waals surface area contributed by atoms with Crippen molar-refractivity contribution in [1.82, 2.24) is 20.4 Å². The van der Waals surface area contributed by atoms with Crippen molar-refractivity contribution in [2.45, 2.75) is 25.7 Å². The van der Waals surface area contributed by atoms with Gasteiger partial charge < -0.3 is 15.1 Å². The summed E-state index contributed by atoms with van der Waals surface area (Å²) in [7, 11) is 0. The van der Waals surface area contributed by atoms with Gasteiger partial charge in [0.2, 0.25) is 17.8 Å².